The van der Waals surface area contributed by atoms with Crippen LogP contribution in [0.2, 0.25) is 10.0 Å². The van der Waals surface area contributed by atoms with E-state index in [2.05, 4.69) is 15.1 Å². The zero-order valence-corrected chi connectivity index (χ0v) is 18.1. The Morgan fingerprint density at radius 1 is 0.968 bits per heavy atom. The van der Waals surface area contributed by atoms with Crippen LogP contribution in [0.15, 0.2) is 54.6 Å². The number of benzene rings is 2. The highest BCUT2D eigenvalue weighted by molar-refractivity contribution is 6.31. The number of H-pyrrole nitrogens is 1. The zero-order valence-electron chi connectivity index (χ0n) is 16.6. The molecule has 0 bridgehead atoms. The Morgan fingerprint density at radius 3 is 2.42 bits per heavy atom. The highest BCUT2D eigenvalue weighted by atomic mass is 35.5. The van der Waals surface area contributed by atoms with Crippen LogP contribution in [0.4, 0.5) is 5.69 Å². The van der Waals surface area contributed by atoms with Crippen LogP contribution in [-0.2, 0) is 9.53 Å². The first kappa shape index (κ1) is 21.2. The van der Waals surface area contributed by atoms with Crippen LogP contribution in [0.1, 0.15) is 10.5 Å². The van der Waals surface area contributed by atoms with Crippen molar-refractivity contribution < 1.29 is 14.3 Å². The molecular formula is C22H20Cl2N4O3. The van der Waals surface area contributed by atoms with Gasteiger partial charge in [-0.2, -0.15) is 5.10 Å². The lowest BCUT2D eigenvalue weighted by atomic mass is 10.1. The molecule has 3 aromatic rings. The number of halogens is 2. The number of piperazine rings is 1. The lowest BCUT2D eigenvalue weighted by Gasteiger charge is -2.36. The van der Waals surface area contributed by atoms with Gasteiger partial charge in [-0.25, -0.2) is 4.79 Å². The zero-order chi connectivity index (χ0) is 21.8. The van der Waals surface area contributed by atoms with Crippen LogP contribution in [0.5, 0.6) is 0 Å². The first-order valence-electron chi connectivity index (χ1n) is 9.76. The Bertz CT molecular complexity index is 1080. The fourth-order valence-electron chi connectivity index (χ4n) is 3.38. The van der Waals surface area contributed by atoms with E-state index in [9.17, 15) is 9.59 Å². The number of esters is 1. The highest BCUT2D eigenvalue weighted by Crippen LogP contribution is 2.22. The number of rotatable bonds is 5. The Hall–Kier alpha value is -3.03. The summed E-state index contributed by atoms with van der Waals surface area (Å²) < 4.78 is 5.19. The molecule has 160 valence electrons. The monoisotopic (exact) mass is 458 g/mol. The van der Waals surface area contributed by atoms with Crippen LogP contribution in [-0.4, -0.2) is 59.8 Å². The SMILES string of the molecule is O=C(OCC(=O)N1CCN(c2cccc(Cl)c2)CC1)c1cc(-c2ccc(Cl)cc2)n[nH]1. The van der Waals surface area contributed by atoms with Gasteiger partial charge in [0, 0.05) is 47.5 Å². The second-order valence-corrected chi connectivity index (χ2v) is 7.97. The van der Waals surface area contributed by atoms with Crippen LogP contribution in [0.25, 0.3) is 11.3 Å². The second-order valence-electron chi connectivity index (χ2n) is 7.10. The third kappa shape index (κ3) is 5.18. The summed E-state index contributed by atoms with van der Waals surface area (Å²) in [4.78, 5) is 28.6. The number of aromatic nitrogens is 2. The molecule has 1 aliphatic rings. The average molecular weight is 459 g/mol. The van der Waals surface area contributed by atoms with E-state index in [1.54, 1.807) is 35.2 Å². The summed E-state index contributed by atoms with van der Waals surface area (Å²) in [6, 6.07) is 16.3. The van der Waals surface area contributed by atoms with Crippen molar-refractivity contribution in [2.24, 2.45) is 0 Å². The van der Waals surface area contributed by atoms with Gasteiger partial charge >= 0.3 is 5.97 Å². The standard InChI is InChI=1S/C22H20Cl2N4O3/c23-16-6-4-15(5-7-16)19-13-20(26-25-19)22(30)31-14-21(29)28-10-8-27(9-11-28)18-3-1-2-17(24)12-18/h1-7,12-13H,8-11,14H2,(H,25,26). The van der Waals surface area contributed by atoms with E-state index >= 15 is 0 Å². The summed E-state index contributed by atoms with van der Waals surface area (Å²) in [6.45, 7) is 2.16. The molecule has 7 nitrogen and oxygen atoms in total. The van der Waals surface area contributed by atoms with E-state index in [0.29, 0.717) is 41.9 Å². The number of nitrogens with zero attached hydrogens (tertiary/aromatic N) is 3. The van der Waals surface area contributed by atoms with Crippen molar-refractivity contribution in [3.05, 3.63) is 70.3 Å². The van der Waals surface area contributed by atoms with Crippen LogP contribution in [0.3, 0.4) is 0 Å². The molecule has 0 aliphatic carbocycles. The van der Waals surface area contributed by atoms with Gasteiger partial charge in [-0.1, -0.05) is 41.4 Å². The number of hydrogen-bond acceptors (Lipinski definition) is 5. The number of carbonyl (C=O) groups is 2. The number of amides is 1. The van der Waals surface area contributed by atoms with E-state index < -0.39 is 5.97 Å². The van der Waals surface area contributed by atoms with Crippen molar-refractivity contribution in [2.45, 2.75) is 0 Å². The van der Waals surface area contributed by atoms with Gasteiger partial charge in [0.25, 0.3) is 5.91 Å². The van der Waals surface area contributed by atoms with Crippen LogP contribution in [0, 0.1) is 0 Å². The molecule has 0 saturated carbocycles. The molecule has 1 saturated heterocycles. The molecule has 0 spiro atoms. The Morgan fingerprint density at radius 2 is 1.71 bits per heavy atom. The number of hydrogen-bond donors (Lipinski definition) is 1. The van der Waals surface area contributed by atoms with E-state index in [0.717, 1.165) is 11.3 Å². The summed E-state index contributed by atoms with van der Waals surface area (Å²) in [6.07, 6.45) is 0. The van der Waals surface area contributed by atoms with Gasteiger partial charge in [0.2, 0.25) is 0 Å². The van der Waals surface area contributed by atoms with Gasteiger partial charge in [-0.05, 0) is 36.4 Å². The van der Waals surface area contributed by atoms with E-state index in [1.807, 2.05) is 24.3 Å². The number of carbonyl (C=O) groups excluding carboxylic acids is 2. The first-order chi connectivity index (χ1) is 15.0. The molecule has 31 heavy (non-hydrogen) atoms. The fourth-order valence-corrected chi connectivity index (χ4v) is 3.69. The fraction of sp³-hybridized carbons (Fsp3) is 0.227. The molecule has 1 aromatic heterocycles. The molecular weight excluding hydrogens is 439 g/mol. The quantitative estimate of drug-likeness (QED) is 0.586. The van der Waals surface area contributed by atoms with E-state index in [-0.39, 0.29) is 18.2 Å². The third-order valence-electron chi connectivity index (χ3n) is 5.07. The molecule has 0 unspecified atom stereocenters. The summed E-state index contributed by atoms with van der Waals surface area (Å²) in [7, 11) is 0. The smallest absolute Gasteiger partial charge is 0.356 e. The summed E-state index contributed by atoms with van der Waals surface area (Å²) >= 11 is 11.9. The van der Waals surface area contributed by atoms with Gasteiger partial charge in [0.15, 0.2) is 6.61 Å². The molecule has 1 fully saturated rings. The number of nitrogens with one attached hydrogen (secondary N) is 1. The van der Waals surface area contributed by atoms with Crippen molar-refractivity contribution in [1.29, 1.82) is 0 Å². The minimum atomic E-state index is -0.626. The minimum absolute atomic E-state index is 0.184. The normalized spacial score (nSPS) is 13.9. The topological polar surface area (TPSA) is 78.5 Å². The maximum absolute atomic E-state index is 12.5. The summed E-state index contributed by atoms with van der Waals surface area (Å²) in [5.74, 6) is -0.852. The lowest BCUT2D eigenvalue weighted by molar-refractivity contribution is -0.134. The van der Waals surface area contributed by atoms with Gasteiger partial charge in [-0.15, -0.1) is 0 Å². The van der Waals surface area contributed by atoms with Crippen molar-refractivity contribution in [3.63, 3.8) is 0 Å². The highest BCUT2D eigenvalue weighted by Gasteiger charge is 2.23. The van der Waals surface area contributed by atoms with Gasteiger partial charge in [0.1, 0.15) is 5.69 Å². The van der Waals surface area contributed by atoms with Gasteiger partial charge in [0.05, 0.1) is 5.69 Å². The summed E-state index contributed by atoms with van der Waals surface area (Å²) in [5.41, 5.74) is 2.62. The van der Waals surface area contributed by atoms with Crippen LogP contribution < -0.4 is 4.90 Å². The average Bonchev–Trinajstić information content (AvgIpc) is 3.28. The van der Waals surface area contributed by atoms with E-state index in [1.165, 1.54) is 0 Å². The molecule has 4 rings (SSSR count). The molecule has 0 atom stereocenters. The number of aromatic amines is 1. The minimum Gasteiger partial charge on any atom is -0.451 e. The van der Waals surface area contributed by atoms with Crippen molar-refractivity contribution in [3.8, 4) is 11.3 Å². The summed E-state index contributed by atoms with van der Waals surface area (Å²) in [5, 5.41) is 8.07. The van der Waals surface area contributed by atoms with Gasteiger partial charge in [-0.3, -0.25) is 9.89 Å². The Kier molecular flexibility index (Phi) is 6.44. The van der Waals surface area contributed by atoms with Crippen molar-refractivity contribution >= 4 is 40.8 Å². The third-order valence-corrected chi connectivity index (χ3v) is 5.56. The van der Waals surface area contributed by atoms with Gasteiger partial charge < -0.3 is 14.5 Å². The predicted octanol–water partition coefficient (Wildman–Crippen LogP) is 3.89. The van der Waals surface area contributed by atoms with Crippen molar-refractivity contribution in [1.82, 2.24) is 15.1 Å². The molecule has 0 radical (unpaired) electrons. The predicted molar refractivity (Wildman–Crippen MR) is 120 cm³/mol. The maximum Gasteiger partial charge on any atom is 0.356 e. The molecule has 2 heterocycles. The largest absolute Gasteiger partial charge is 0.451 e. The molecule has 1 aliphatic heterocycles. The van der Waals surface area contributed by atoms with E-state index in [4.69, 9.17) is 27.9 Å². The maximum atomic E-state index is 12.5. The molecule has 1 N–H and O–H groups in total. The lowest BCUT2D eigenvalue weighted by Crippen LogP contribution is -2.49. The Balaban J connectivity index is 1.27. The molecule has 2 aromatic carbocycles. The molecule has 9 heteroatoms. The number of ether oxygens (including phenoxy) is 1. The molecule has 1 amide bonds. The Labute approximate surface area is 189 Å². The van der Waals surface area contributed by atoms with Crippen LogP contribution >= 0.6 is 23.2 Å². The first-order valence-corrected chi connectivity index (χ1v) is 10.5. The van der Waals surface area contributed by atoms with Crippen molar-refractivity contribution in [2.75, 3.05) is 37.7 Å². The number of anilines is 1. The second kappa shape index (κ2) is 9.41.